The van der Waals surface area contributed by atoms with E-state index in [0.29, 0.717) is 11.4 Å². The van der Waals surface area contributed by atoms with E-state index in [1.807, 2.05) is 36.4 Å². The molecular formula is C24H23NO6. The number of anilines is 1. The highest BCUT2D eigenvalue weighted by atomic mass is 16.6. The minimum Gasteiger partial charge on any atom is -0.481 e. The second-order valence-electron chi connectivity index (χ2n) is 6.55. The van der Waals surface area contributed by atoms with Crippen LogP contribution >= 0.6 is 0 Å². The molecule has 3 rings (SSSR count). The molecule has 0 spiro atoms. The van der Waals surface area contributed by atoms with Crippen LogP contribution in [0, 0.1) is 0 Å². The fourth-order valence-corrected chi connectivity index (χ4v) is 2.99. The van der Waals surface area contributed by atoms with E-state index in [4.69, 9.17) is 14.2 Å². The molecular weight excluding hydrogens is 398 g/mol. The molecule has 0 aromatic heterocycles. The first-order chi connectivity index (χ1) is 15.1. The van der Waals surface area contributed by atoms with E-state index in [1.54, 1.807) is 43.3 Å². The van der Waals surface area contributed by atoms with E-state index in [2.05, 4.69) is 0 Å². The number of amides is 1. The normalized spacial score (nSPS) is 10.4. The van der Waals surface area contributed by atoms with Gasteiger partial charge in [0.1, 0.15) is 12.3 Å². The zero-order chi connectivity index (χ0) is 22.1. The smallest absolute Gasteiger partial charge is 0.344 e. The fraction of sp³-hybridized carbons (Fsp3) is 0.208. The summed E-state index contributed by atoms with van der Waals surface area (Å²) in [4.78, 5) is 37.9. The highest BCUT2D eigenvalue weighted by molar-refractivity contribution is 5.99. The van der Waals surface area contributed by atoms with Crippen molar-refractivity contribution in [3.63, 3.8) is 0 Å². The van der Waals surface area contributed by atoms with Crippen molar-refractivity contribution in [2.75, 3.05) is 31.3 Å². The Morgan fingerprint density at radius 1 is 0.774 bits per heavy atom. The van der Waals surface area contributed by atoms with E-state index in [0.717, 1.165) is 10.8 Å². The van der Waals surface area contributed by atoms with Crippen molar-refractivity contribution in [1.29, 1.82) is 0 Å². The summed E-state index contributed by atoms with van der Waals surface area (Å²) in [5, 5.41) is 1.86. The third-order valence-electron chi connectivity index (χ3n) is 4.41. The van der Waals surface area contributed by atoms with Crippen LogP contribution in [-0.4, -0.2) is 44.2 Å². The predicted octanol–water partition coefficient (Wildman–Crippen LogP) is 3.36. The maximum atomic E-state index is 12.6. The van der Waals surface area contributed by atoms with Crippen LogP contribution in [0.25, 0.3) is 10.8 Å². The van der Waals surface area contributed by atoms with Crippen LogP contribution in [0.5, 0.6) is 5.75 Å². The summed E-state index contributed by atoms with van der Waals surface area (Å²) >= 11 is 0. The van der Waals surface area contributed by atoms with Crippen molar-refractivity contribution in [2.45, 2.75) is 6.92 Å². The largest absolute Gasteiger partial charge is 0.481 e. The minimum atomic E-state index is -0.689. The maximum absolute atomic E-state index is 12.6. The van der Waals surface area contributed by atoms with Gasteiger partial charge < -0.3 is 14.2 Å². The number of hydrogen-bond donors (Lipinski definition) is 0. The molecule has 3 aromatic rings. The average molecular weight is 421 g/mol. The second-order valence-corrected chi connectivity index (χ2v) is 6.55. The molecule has 0 bridgehead atoms. The van der Waals surface area contributed by atoms with Gasteiger partial charge in [0, 0.05) is 11.1 Å². The number of esters is 2. The lowest BCUT2D eigenvalue weighted by Crippen LogP contribution is -2.39. The summed E-state index contributed by atoms with van der Waals surface area (Å²) in [5.41, 5.74) is 0.503. The van der Waals surface area contributed by atoms with Gasteiger partial charge in [-0.15, -0.1) is 0 Å². The van der Waals surface area contributed by atoms with Crippen molar-refractivity contribution >= 4 is 34.3 Å². The lowest BCUT2D eigenvalue weighted by molar-refractivity contribution is -0.150. The topological polar surface area (TPSA) is 82.1 Å². The predicted molar refractivity (Wildman–Crippen MR) is 116 cm³/mol. The number of rotatable bonds is 9. The maximum Gasteiger partial charge on any atom is 0.344 e. The van der Waals surface area contributed by atoms with Crippen molar-refractivity contribution in [3.8, 4) is 5.75 Å². The fourth-order valence-electron chi connectivity index (χ4n) is 2.99. The van der Waals surface area contributed by atoms with Crippen LogP contribution in [-0.2, 0) is 23.9 Å². The van der Waals surface area contributed by atoms with E-state index in [9.17, 15) is 14.4 Å². The third kappa shape index (κ3) is 6.05. The summed E-state index contributed by atoms with van der Waals surface area (Å²) in [7, 11) is 0. The van der Waals surface area contributed by atoms with Crippen LogP contribution in [0.4, 0.5) is 5.69 Å². The molecule has 0 radical (unpaired) electrons. The Bertz CT molecular complexity index is 1040. The Balaban J connectivity index is 1.58. The Kier molecular flexibility index (Phi) is 7.59. The number of para-hydroxylation sites is 1. The molecule has 1 amide bonds. The minimum absolute atomic E-state index is 0.205. The highest BCUT2D eigenvalue weighted by Crippen LogP contribution is 2.25. The molecule has 3 aromatic carbocycles. The van der Waals surface area contributed by atoms with Gasteiger partial charge in [-0.05, 0) is 30.5 Å². The molecule has 0 atom stereocenters. The molecule has 0 aliphatic rings. The average Bonchev–Trinajstić information content (AvgIpc) is 2.80. The number of hydrogen-bond acceptors (Lipinski definition) is 6. The molecule has 0 saturated carbocycles. The van der Waals surface area contributed by atoms with Gasteiger partial charge in [-0.2, -0.15) is 0 Å². The Labute approximate surface area is 180 Å². The number of benzene rings is 3. The SMILES string of the molecule is CCOC(=O)CN(C(=O)COC(=O)COc1cccc2ccccc12)c1ccccc1. The lowest BCUT2D eigenvalue weighted by Gasteiger charge is -2.21. The van der Waals surface area contributed by atoms with Crippen molar-refractivity contribution in [3.05, 3.63) is 72.8 Å². The van der Waals surface area contributed by atoms with Gasteiger partial charge in [0.05, 0.1) is 6.61 Å². The molecule has 160 valence electrons. The summed E-state index contributed by atoms with van der Waals surface area (Å²) in [6.45, 7) is 0.748. The zero-order valence-corrected chi connectivity index (χ0v) is 17.2. The summed E-state index contributed by atoms with van der Waals surface area (Å²) in [6, 6.07) is 21.8. The van der Waals surface area contributed by atoms with Crippen LogP contribution in [0.1, 0.15) is 6.92 Å². The number of nitrogens with zero attached hydrogens (tertiary/aromatic N) is 1. The Morgan fingerprint density at radius 2 is 1.48 bits per heavy atom. The number of carbonyl (C=O) groups is 3. The number of fused-ring (bicyclic) bond motifs is 1. The van der Waals surface area contributed by atoms with Gasteiger partial charge in [-0.1, -0.05) is 54.6 Å². The van der Waals surface area contributed by atoms with Crippen molar-refractivity contribution < 1.29 is 28.6 Å². The first-order valence-corrected chi connectivity index (χ1v) is 9.85. The number of ether oxygens (including phenoxy) is 3. The van der Waals surface area contributed by atoms with E-state index in [-0.39, 0.29) is 19.8 Å². The monoisotopic (exact) mass is 421 g/mol. The van der Waals surface area contributed by atoms with Gasteiger partial charge in [0.15, 0.2) is 13.2 Å². The highest BCUT2D eigenvalue weighted by Gasteiger charge is 2.21. The number of carbonyl (C=O) groups excluding carboxylic acids is 3. The zero-order valence-electron chi connectivity index (χ0n) is 17.2. The van der Waals surface area contributed by atoms with E-state index >= 15 is 0 Å². The molecule has 7 nitrogen and oxygen atoms in total. The molecule has 0 N–H and O–H groups in total. The third-order valence-corrected chi connectivity index (χ3v) is 4.41. The van der Waals surface area contributed by atoms with Gasteiger partial charge in [0.2, 0.25) is 0 Å². The van der Waals surface area contributed by atoms with Crippen LogP contribution < -0.4 is 9.64 Å². The quantitative estimate of drug-likeness (QED) is 0.493. The molecule has 0 aliphatic heterocycles. The molecule has 0 aliphatic carbocycles. The van der Waals surface area contributed by atoms with Crippen LogP contribution in [0.15, 0.2) is 72.8 Å². The standard InChI is InChI=1S/C24H23NO6/c1-2-29-23(27)15-25(19-11-4-3-5-12-19)22(26)16-31-24(28)17-30-21-14-8-10-18-9-6-7-13-20(18)21/h3-14H,2,15-17H2,1H3. The molecule has 0 unspecified atom stereocenters. The first kappa shape index (κ1) is 21.8. The van der Waals surface area contributed by atoms with Crippen molar-refractivity contribution in [1.82, 2.24) is 0 Å². The Hall–Kier alpha value is -3.87. The first-order valence-electron chi connectivity index (χ1n) is 9.85. The van der Waals surface area contributed by atoms with Gasteiger partial charge in [-0.3, -0.25) is 14.5 Å². The van der Waals surface area contributed by atoms with Crippen LogP contribution in [0.2, 0.25) is 0 Å². The van der Waals surface area contributed by atoms with E-state index in [1.165, 1.54) is 4.90 Å². The van der Waals surface area contributed by atoms with E-state index < -0.39 is 24.5 Å². The van der Waals surface area contributed by atoms with Crippen molar-refractivity contribution in [2.24, 2.45) is 0 Å². The molecule has 31 heavy (non-hydrogen) atoms. The second kappa shape index (κ2) is 10.8. The molecule has 0 heterocycles. The lowest BCUT2D eigenvalue weighted by atomic mass is 10.1. The summed E-state index contributed by atoms with van der Waals surface area (Å²) in [5.74, 6) is -1.23. The summed E-state index contributed by atoms with van der Waals surface area (Å²) in [6.07, 6.45) is 0. The van der Waals surface area contributed by atoms with Crippen LogP contribution in [0.3, 0.4) is 0 Å². The van der Waals surface area contributed by atoms with Gasteiger partial charge >= 0.3 is 11.9 Å². The summed E-state index contributed by atoms with van der Waals surface area (Å²) < 4.78 is 15.6. The molecule has 0 saturated heterocycles. The molecule has 7 heteroatoms. The van der Waals surface area contributed by atoms with Gasteiger partial charge in [0.25, 0.3) is 5.91 Å². The Morgan fingerprint density at radius 3 is 2.26 bits per heavy atom. The molecule has 0 fully saturated rings. The van der Waals surface area contributed by atoms with Gasteiger partial charge in [-0.25, -0.2) is 4.79 Å².